The van der Waals surface area contributed by atoms with Gasteiger partial charge in [0, 0.05) is 42.2 Å². The van der Waals surface area contributed by atoms with Crippen LogP contribution in [-0.4, -0.2) is 48.7 Å². The highest BCUT2D eigenvalue weighted by Gasteiger charge is 2.16. The van der Waals surface area contributed by atoms with Crippen molar-refractivity contribution in [3.8, 4) is 5.75 Å². The van der Waals surface area contributed by atoms with Gasteiger partial charge in [0.25, 0.3) is 5.91 Å². The normalized spacial score (nSPS) is 13.6. The Bertz CT molecular complexity index is 875. The predicted molar refractivity (Wildman–Crippen MR) is 115 cm³/mol. The Morgan fingerprint density at radius 3 is 2.13 bits per heavy atom. The summed E-state index contributed by atoms with van der Waals surface area (Å²) in [6, 6.07) is 13.3. The summed E-state index contributed by atoms with van der Waals surface area (Å²) in [6.07, 6.45) is 3.58. The van der Waals surface area contributed by atoms with Gasteiger partial charge in [-0.1, -0.05) is 11.6 Å². The van der Waals surface area contributed by atoms with Crippen molar-refractivity contribution in [2.45, 2.75) is 25.7 Å². The third kappa shape index (κ3) is 6.32. The lowest BCUT2D eigenvalue weighted by atomic mass is 10.0. The third-order valence-electron chi connectivity index (χ3n) is 4.96. The minimum absolute atomic E-state index is 0.0804. The van der Waals surface area contributed by atoms with Crippen molar-refractivity contribution in [2.24, 2.45) is 0 Å². The SMILES string of the molecule is O=C(COc1ccc(C(=O)c2ccc(Cl)cc2)cc1)NCCC(=O)N1CCCCC1. The molecule has 1 aliphatic heterocycles. The molecule has 0 spiro atoms. The summed E-state index contributed by atoms with van der Waals surface area (Å²) >= 11 is 5.85. The predicted octanol–water partition coefficient (Wildman–Crippen LogP) is 3.47. The minimum atomic E-state index is -0.289. The van der Waals surface area contributed by atoms with Crippen LogP contribution in [0.4, 0.5) is 0 Å². The first-order valence-corrected chi connectivity index (χ1v) is 10.5. The van der Waals surface area contributed by atoms with E-state index in [1.165, 1.54) is 6.42 Å². The van der Waals surface area contributed by atoms with Gasteiger partial charge in [-0.3, -0.25) is 14.4 Å². The second-order valence-corrected chi connectivity index (χ2v) is 7.63. The summed E-state index contributed by atoms with van der Waals surface area (Å²) in [7, 11) is 0. The first kappa shape index (κ1) is 21.8. The van der Waals surface area contributed by atoms with Crippen LogP contribution in [0.15, 0.2) is 48.5 Å². The number of hydrogen-bond donors (Lipinski definition) is 1. The molecule has 158 valence electrons. The minimum Gasteiger partial charge on any atom is -0.484 e. The Morgan fingerprint density at radius 2 is 1.50 bits per heavy atom. The number of ketones is 1. The van der Waals surface area contributed by atoms with Gasteiger partial charge in [0.2, 0.25) is 5.91 Å². The Kier molecular flexibility index (Phi) is 7.85. The maximum Gasteiger partial charge on any atom is 0.257 e. The molecule has 1 N–H and O–H groups in total. The number of nitrogens with zero attached hydrogens (tertiary/aromatic N) is 1. The van der Waals surface area contributed by atoms with Crippen molar-refractivity contribution in [3.63, 3.8) is 0 Å². The van der Waals surface area contributed by atoms with Gasteiger partial charge >= 0.3 is 0 Å². The number of halogens is 1. The van der Waals surface area contributed by atoms with Gasteiger partial charge in [0.15, 0.2) is 12.4 Å². The first-order chi connectivity index (χ1) is 14.5. The van der Waals surface area contributed by atoms with Crippen molar-refractivity contribution in [2.75, 3.05) is 26.2 Å². The van der Waals surface area contributed by atoms with Gasteiger partial charge < -0.3 is 15.0 Å². The number of ether oxygens (including phenoxy) is 1. The zero-order valence-corrected chi connectivity index (χ0v) is 17.5. The van der Waals surface area contributed by atoms with E-state index in [1.54, 1.807) is 48.5 Å². The summed E-state index contributed by atoms with van der Waals surface area (Å²) in [5.74, 6) is 0.163. The molecule has 3 rings (SSSR count). The van der Waals surface area contributed by atoms with Crippen LogP contribution in [0.1, 0.15) is 41.6 Å². The van der Waals surface area contributed by atoms with Crippen molar-refractivity contribution < 1.29 is 19.1 Å². The van der Waals surface area contributed by atoms with E-state index in [0.717, 1.165) is 25.9 Å². The lowest BCUT2D eigenvalue weighted by Crippen LogP contribution is -2.38. The number of piperidine rings is 1. The van der Waals surface area contributed by atoms with Crippen LogP contribution in [0.2, 0.25) is 5.02 Å². The van der Waals surface area contributed by atoms with Gasteiger partial charge in [-0.2, -0.15) is 0 Å². The van der Waals surface area contributed by atoms with Gasteiger partial charge in [-0.05, 0) is 67.8 Å². The van der Waals surface area contributed by atoms with Crippen LogP contribution in [-0.2, 0) is 9.59 Å². The molecular weight excluding hydrogens is 404 g/mol. The number of likely N-dealkylation sites (tertiary alicyclic amines) is 1. The highest BCUT2D eigenvalue weighted by Crippen LogP contribution is 2.17. The number of carbonyl (C=O) groups excluding carboxylic acids is 3. The molecule has 0 bridgehead atoms. The van der Waals surface area contributed by atoms with Crippen LogP contribution in [0.25, 0.3) is 0 Å². The monoisotopic (exact) mass is 428 g/mol. The lowest BCUT2D eigenvalue weighted by Gasteiger charge is -2.26. The zero-order chi connectivity index (χ0) is 21.3. The average Bonchev–Trinajstić information content (AvgIpc) is 2.78. The Morgan fingerprint density at radius 1 is 0.900 bits per heavy atom. The zero-order valence-electron chi connectivity index (χ0n) is 16.7. The smallest absolute Gasteiger partial charge is 0.257 e. The second kappa shape index (κ2) is 10.8. The fraction of sp³-hybridized carbons (Fsp3) is 0.348. The van der Waals surface area contributed by atoms with E-state index >= 15 is 0 Å². The van der Waals surface area contributed by atoms with Crippen molar-refractivity contribution >= 4 is 29.2 Å². The van der Waals surface area contributed by atoms with E-state index in [-0.39, 0.29) is 24.2 Å². The number of carbonyl (C=O) groups is 3. The molecule has 0 aromatic heterocycles. The topological polar surface area (TPSA) is 75.7 Å². The van der Waals surface area contributed by atoms with Crippen molar-refractivity contribution in [3.05, 3.63) is 64.7 Å². The number of hydrogen-bond acceptors (Lipinski definition) is 4. The van der Waals surface area contributed by atoms with Crippen LogP contribution in [0, 0.1) is 0 Å². The molecule has 2 aromatic rings. The molecule has 0 aliphatic carbocycles. The molecule has 2 amide bonds. The van der Waals surface area contributed by atoms with Gasteiger partial charge in [0.1, 0.15) is 5.75 Å². The molecule has 1 aliphatic rings. The molecule has 7 heteroatoms. The number of amides is 2. The van der Waals surface area contributed by atoms with E-state index in [4.69, 9.17) is 16.3 Å². The van der Waals surface area contributed by atoms with Crippen LogP contribution in [0.3, 0.4) is 0 Å². The summed E-state index contributed by atoms with van der Waals surface area (Å²) in [6.45, 7) is 1.77. The highest BCUT2D eigenvalue weighted by molar-refractivity contribution is 6.30. The molecular formula is C23H25ClN2O4. The maximum atomic E-state index is 12.4. The van der Waals surface area contributed by atoms with E-state index in [0.29, 0.717) is 34.9 Å². The van der Waals surface area contributed by atoms with E-state index in [9.17, 15) is 14.4 Å². The standard InChI is InChI=1S/C23H25ClN2O4/c24-19-8-4-17(5-9-19)23(29)18-6-10-20(11-7-18)30-16-21(27)25-13-12-22(28)26-14-2-1-3-15-26/h4-11H,1-3,12-16H2,(H,25,27). The summed E-state index contributed by atoms with van der Waals surface area (Å²) in [5, 5.41) is 3.28. The number of benzene rings is 2. The Hall–Kier alpha value is -2.86. The van der Waals surface area contributed by atoms with Crippen molar-refractivity contribution in [1.29, 1.82) is 0 Å². The maximum absolute atomic E-state index is 12.4. The first-order valence-electron chi connectivity index (χ1n) is 10.1. The fourth-order valence-corrected chi connectivity index (χ4v) is 3.41. The van der Waals surface area contributed by atoms with Crippen LogP contribution < -0.4 is 10.1 Å². The van der Waals surface area contributed by atoms with E-state index < -0.39 is 0 Å². The molecule has 1 fully saturated rings. The Labute approximate surface area is 181 Å². The summed E-state index contributed by atoms with van der Waals surface area (Å²) < 4.78 is 5.46. The largest absolute Gasteiger partial charge is 0.484 e. The van der Waals surface area contributed by atoms with E-state index in [1.807, 2.05) is 4.90 Å². The van der Waals surface area contributed by atoms with Gasteiger partial charge in [0.05, 0.1) is 0 Å². The molecule has 0 radical (unpaired) electrons. The fourth-order valence-electron chi connectivity index (χ4n) is 3.28. The molecule has 30 heavy (non-hydrogen) atoms. The number of rotatable bonds is 8. The Balaban J connectivity index is 1.40. The summed E-state index contributed by atoms with van der Waals surface area (Å²) in [4.78, 5) is 38.3. The van der Waals surface area contributed by atoms with Gasteiger partial charge in [-0.25, -0.2) is 0 Å². The van der Waals surface area contributed by atoms with Crippen molar-refractivity contribution in [1.82, 2.24) is 10.2 Å². The molecule has 1 saturated heterocycles. The molecule has 0 atom stereocenters. The van der Waals surface area contributed by atoms with Crippen LogP contribution >= 0.6 is 11.6 Å². The van der Waals surface area contributed by atoms with E-state index in [2.05, 4.69) is 5.32 Å². The molecule has 0 unspecified atom stereocenters. The average molecular weight is 429 g/mol. The quantitative estimate of drug-likeness (QED) is 0.653. The lowest BCUT2D eigenvalue weighted by molar-refractivity contribution is -0.132. The molecule has 6 nitrogen and oxygen atoms in total. The highest BCUT2D eigenvalue weighted by atomic mass is 35.5. The third-order valence-corrected chi connectivity index (χ3v) is 5.21. The molecule has 1 heterocycles. The van der Waals surface area contributed by atoms with Crippen LogP contribution in [0.5, 0.6) is 5.75 Å². The molecule has 2 aromatic carbocycles. The van der Waals surface area contributed by atoms with Gasteiger partial charge in [-0.15, -0.1) is 0 Å². The summed E-state index contributed by atoms with van der Waals surface area (Å²) in [5.41, 5.74) is 1.07. The second-order valence-electron chi connectivity index (χ2n) is 7.19. The number of nitrogens with one attached hydrogen (secondary N) is 1. The molecule has 0 saturated carbocycles.